The van der Waals surface area contributed by atoms with Crippen LogP contribution in [0.5, 0.6) is 0 Å². The van der Waals surface area contributed by atoms with Gasteiger partial charge in [0.2, 0.25) is 0 Å². The van der Waals surface area contributed by atoms with Crippen LogP contribution < -0.4 is 0 Å². The van der Waals surface area contributed by atoms with Crippen molar-refractivity contribution in [2.24, 2.45) is 0 Å². The first kappa shape index (κ1) is 13.5. The molecule has 0 aliphatic carbocycles. The minimum atomic E-state index is -0.944. The Bertz CT molecular complexity index is 872. The summed E-state index contributed by atoms with van der Waals surface area (Å²) >= 11 is 5.46. The van der Waals surface area contributed by atoms with Gasteiger partial charge in [-0.15, -0.1) is 0 Å². The van der Waals surface area contributed by atoms with Crippen LogP contribution in [-0.4, -0.2) is 20.6 Å². The minimum absolute atomic E-state index is 0.207. The number of benzene rings is 2. The molecule has 5 heteroatoms. The van der Waals surface area contributed by atoms with Gasteiger partial charge in [-0.25, -0.2) is 4.98 Å². The normalized spacial score (nSPS) is 10.7. The van der Waals surface area contributed by atoms with Crippen molar-refractivity contribution in [2.45, 2.75) is 6.54 Å². The smallest absolute Gasteiger partial charge is 0.323 e. The summed E-state index contributed by atoms with van der Waals surface area (Å²) in [4.78, 5) is 15.7. The second-order valence-electron chi connectivity index (χ2n) is 4.60. The molecule has 3 rings (SSSR count). The molecule has 0 atom stereocenters. The van der Waals surface area contributed by atoms with Gasteiger partial charge in [0.25, 0.3) is 0 Å². The van der Waals surface area contributed by atoms with E-state index in [9.17, 15) is 4.79 Å². The predicted octanol–water partition coefficient (Wildman–Crippen LogP) is 3.52. The molecule has 4 nitrogen and oxygen atoms in total. The summed E-state index contributed by atoms with van der Waals surface area (Å²) in [6, 6.07) is 17.0. The zero-order chi connectivity index (χ0) is 14.8. The Morgan fingerprint density at radius 2 is 1.76 bits per heavy atom. The molecule has 21 heavy (non-hydrogen) atoms. The highest BCUT2D eigenvalue weighted by Crippen LogP contribution is 2.22. The SMILES string of the molecule is O=C(O)Cn1c(-c2ccccc2)nc2ccccc2c1=S. The maximum absolute atomic E-state index is 11.1. The second kappa shape index (κ2) is 5.46. The standard InChI is InChI=1S/C16H12N2O2S/c19-14(20)10-18-15(11-6-2-1-3-7-11)17-13-9-5-4-8-12(13)16(18)21/h1-9H,10H2,(H,19,20). The molecular formula is C16H12N2O2S. The van der Waals surface area contributed by atoms with Gasteiger partial charge in [-0.2, -0.15) is 0 Å². The van der Waals surface area contributed by atoms with Crippen LogP contribution in [0.15, 0.2) is 54.6 Å². The number of rotatable bonds is 3. The summed E-state index contributed by atoms with van der Waals surface area (Å²) in [5.74, 6) is -0.373. The molecule has 1 N–H and O–H groups in total. The van der Waals surface area contributed by atoms with Gasteiger partial charge in [-0.3, -0.25) is 4.79 Å². The van der Waals surface area contributed by atoms with E-state index >= 15 is 0 Å². The van der Waals surface area contributed by atoms with Crippen molar-refractivity contribution in [1.82, 2.24) is 9.55 Å². The van der Waals surface area contributed by atoms with Crippen molar-refractivity contribution >= 4 is 29.1 Å². The van der Waals surface area contributed by atoms with Crippen LogP contribution in [0.1, 0.15) is 0 Å². The Hall–Kier alpha value is -2.53. The van der Waals surface area contributed by atoms with Gasteiger partial charge in [0.1, 0.15) is 17.0 Å². The predicted molar refractivity (Wildman–Crippen MR) is 83.6 cm³/mol. The maximum atomic E-state index is 11.1. The van der Waals surface area contributed by atoms with Crippen molar-refractivity contribution in [3.8, 4) is 11.4 Å². The highest BCUT2D eigenvalue weighted by Gasteiger charge is 2.12. The first-order valence-corrected chi connectivity index (χ1v) is 6.84. The summed E-state index contributed by atoms with van der Waals surface area (Å²) in [7, 11) is 0. The Morgan fingerprint density at radius 1 is 1.10 bits per heavy atom. The van der Waals surface area contributed by atoms with Gasteiger partial charge in [-0.1, -0.05) is 54.7 Å². The average Bonchev–Trinajstić information content (AvgIpc) is 2.50. The number of carboxylic acid groups (broad SMARTS) is 1. The lowest BCUT2D eigenvalue weighted by Gasteiger charge is -2.13. The van der Waals surface area contributed by atoms with E-state index in [0.29, 0.717) is 10.5 Å². The largest absolute Gasteiger partial charge is 0.480 e. The van der Waals surface area contributed by atoms with Crippen molar-refractivity contribution in [1.29, 1.82) is 0 Å². The fraction of sp³-hybridized carbons (Fsp3) is 0.0625. The summed E-state index contributed by atoms with van der Waals surface area (Å²) in [6.45, 7) is -0.207. The molecule has 0 amide bonds. The summed E-state index contributed by atoms with van der Waals surface area (Å²) in [5.41, 5.74) is 1.61. The zero-order valence-corrected chi connectivity index (χ0v) is 11.9. The zero-order valence-electron chi connectivity index (χ0n) is 11.1. The highest BCUT2D eigenvalue weighted by molar-refractivity contribution is 7.71. The molecule has 0 spiro atoms. The highest BCUT2D eigenvalue weighted by atomic mass is 32.1. The van der Waals surface area contributed by atoms with E-state index in [1.54, 1.807) is 4.57 Å². The van der Waals surface area contributed by atoms with Crippen LogP contribution in [0.3, 0.4) is 0 Å². The molecule has 0 unspecified atom stereocenters. The molecule has 1 aromatic heterocycles. The van der Waals surface area contributed by atoms with Gasteiger partial charge in [0, 0.05) is 10.9 Å². The van der Waals surface area contributed by atoms with Gasteiger partial charge in [0.15, 0.2) is 0 Å². The molecule has 2 aromatic carbocycles. The Kier molecular flexibility index (Phi) is 3.50. The number of hydrogen-bond donors (Lipinski definition) is 1. The van der Waals surface area contributed by atoms with E-state index in [0.717, 1.165) is 16.5 Å². The number of hydrogen-bond acceptors (Lipinski definition) is 3. The van der Waals surface area contributed by atoms with Crippen LogP contribution >= 0.6 is 12.2 Å². The molecule has 0 saturated heterocycles. The third kappa shape index (κ3) is 2.55. The fourth-order valence-corrected chi connectivity index (χ4v) is 2.58. The molecule has 3 aromatic rings. The number of carboxylic acids is 1. The van der Waals surface area contributed by atoms with Crippen molar-refractivity contribution < 1.29 is 9.90 Å². The summed E-state index contributed by atoms with van der Waals surface area (Å²) in [5, 5.41) is 9.93. The number of aromatic nitrogens is 2. The van der Waals surface area contributed by atoms with Crippen LogP contribution in [0.25, 0.3) is 22.3 Å². The summed E-state index contributed by atoms with van der Waals surface area (Å²) < 4.78 is 2.05. The third-order valence-corrected chi connectivity index (χ3v) is 3.63. The fourth-order valence-electron chi connectivity index (χ4n) is 2.26. The van der Waals surface area contributed by atoms with Crippen LogP contribution in [-0.2, 0) is 11.3 Å². The molecule has 0 fully saturated rings. The van der Waals surface area contributed by atoms with Gasteiger partial charge in [-0.05, 0) is 12.1 Å². The molecule has 104 valence electrons. The van der Waals surface area contributed by atoms with Gasteiger partial charge in [0.05, 0.1) is 5.52 Å². The molecule has 0 aliphatic rings. The number of para-hydroxylation sites is 1. The topological polar surface area (TPSA) is 55.1 Å². The van der Waals surface area contributed by atoms with E-state index in [1.807, 2.05) is 54.6 Å². The van der Waals surface area contributed by atoms with E-state index in [4.69, 9.17) is 17.3 Å². The Labute approximate surface area is 126 Å². The van der Waals surface area contributed by atoms with E-state index in [1.165, 1.54) is 0 Å². The average molecular weight is 296 g/mol. The maximum Gasteiger partial charge on any atom is 0.323 e. The third-order valence-electron chi connectivity index (χ3n) is 3.19. The monoisotopic (exact) mass is 296 g/mol. The number of fused-ring (bicyclic) bond motifs is 1. The van der Waals surface area contributed by atoms with E-state index in [2.05, 4.69) is 4.98 Å². The molecule has 1 heterocycles. The lowest BCUT2D eigenvalue weighted by atomic mass is 10.2. The van der Waals surface area contributed by atoms with Crippen molar-refractivity contribution in [3.05, 3.63) is 59.2 Å². The lowest BCUT2D eigenvalue weighted by molar-refractivity contribution is -0.137. The molecule has 0 radical (unpaired) electrons. The van der Waals surface area contributed by atoms with Crippen LogP contribution in [0.2, 0.25) is 0 Å². The molecular weight excluding hydrogens is 284 g/mol. The Morgan fingerprint density at radius 3 is 2.48 bits per heavy atom. The van der Waals surface area contributed by atoms with Crippen molar-refractivity contribution in [3.63, 3.8) is 0 Å². The number of carbonyl (C=O) groups is 1. The summed E-state index contributed by atoms with van der Waals surface area (Å²) in [6.07, 6.45) is 0. The van der Waals surface area contributed by atoms with E-state index < -0.39 is 5.97 Å². The quantitative estimate of drug-likeness (QED) is 0.751. The van der Waals surface area contributed by atoms with Crippen LogP contribution in [0.4, 0.5) is 0 Å². The Balaban J connectivity index is 2.36. The molecule has 0 bridgehead atoms. The first-order chi connectivity index (χ1) is 10.2. The van der Waals surface area contributed by atoms with Crippen molar-refractivity contribution in [2.75, 3.05) is 0 Å². The lowest BCUT2D eigenvalue weighted by Crippen LogP contribution is -2.14. The molecule has 0 aliphatic heterocycles. The second-order valence-corrected chi connectivity index (χ2v) is 4.99. The van der Waals surface area contributed by atoms with Crippen LogP contribution in [0, 0.1) is 4.64 Å². The number of aliphatic carboxylic acids is 1. The number of nitrogens with zero attached hydrogens (tertiary/aromatic N) is 2. The minimum Gasteiger partial charge on any atom is -0.480 e. The first-order valence-electron chi connectivity index (χ1n) is 6.43. The van der Waals surface area contributed by atoms with Gasteiger partial charge < -0.3 is 9.67 Å². The van der Waals surface area contributed by atoms with E-state index in [-0.39, 0.29) is 6.54 Å². The molecule has 0 saturated carbocycles. The van der Waals surface area contributed by atoms with Gasteiger partial charge >= 0.3 is 5.97 Å².